The minimum absolute atomic E-state index is 0.171. The number of nitrogens with one attached hydrogen (secondary N) is 1. The van der Waals surface area contributed by atoms with Crippen LogP contribution in [-0.2, 0) is 12.6 Å². The molecule has 0 aliphatic carbocycles. The molecule has 0 aromatic carbocycles. The molecule has 1 amide bonds. The topological polar surface area (TPSA) is 62.2 Å². The molecule has 2 N–H and O–H groups in total. The van der Waals surface area contributed by atoms with Crippen LogP contribution in [0.3, 0.4) is 0 Å². The first-order valence-corrected chi connectivity index (χ1v) is 5.62. The van der Waals surface area contributed by atoms with E-state index in [2.05, 4.69) is 10.3 Å². The Morgan fingerprint density at radius 3 is 2.47 bits per heavy atom. The Kier molecular flexibility index (Phi) is 4.29. The number of carbonyl (C=O) groups is 1. The molecular formula is C11H12ClF3N2O2. The quantitative estimate of drug-likeness (QED) is 0.899. The highest BCUT2D eigenvalue weighted by Crippen LogP contribution is 2.33. The van der Waals surface area contributed by atoms with Gasteiger partial charge in [0.1, 0.15) is 0 Å². The van der Waals surface area contributed by atoms with Crippen LogP contribution in [0.25, 0.3) is 0 Å². The highest BCUT2D eigenvalue weighted by atomic mass is 35.5. The first-order valence-electron chi connectivity index (χ1n) is 5.24. The predicted octanol–water partition coefficient (Wildman–Crippen LogP) is 3.34. The van der Waals surface area contributed by atoms with Crippen molar-refractivity contribution >= 4 is 17.7 Å². The molecule has 0 bridgehead atoms. The molecule has 0 fully saturated rings. The Balaban J connectivity index is 2.93. The van der Waals surface area contributed by atoms with E-state index >= 15 is 0 Å². The van der Waals surface area contributed by atoms with Gasteiger partial charge in [-0.3, -0.25) is 4.98 Å². The van der Waals surface area contributed by atoms with E-state index in [9.17, 15) is 18.0 Å². The van der Waals surface area contributed by atoms with E-state index in [1.807, 2.05) is 0 Å². The van der Waals surface area contributed by atoms with Crippen LogP contribution in [0, 0.1) is 0 Å². The number of alkyl halides is 3. The zero-order chi connectivity index (χ0) is 14.8. The van der Waals surface area contributed by atoms with E-state index < -0.39 is 28.5 Å². The maximum absolute atomic E-state index is 12.5. The van der Waals surface area contributed by atoms with Crippen LogP contribution >= 0.6 is 11.6 Å². The molecule has 1 rings (SSSR count). The smallest absolute Gasteiger partial charge is 0.434 e. The molecule has 0 aliphatic heterocycles. The SMILES string of the molecule is CC(C)(Cc1cnc(C(F)(F)F)c(Cl)c1)NC(=O)O. The number of carboxylic acid groups (broad SMARTS) is 1. The van der Waals surface area contributed by atoms with Gasteiger partial charge in [-0.25, -0.2) is 4.79 Å². The number of amides is 1. The summed E-state index contributed by atoms with van der Waals surface area (Å²) >= 11 is 5.53. The monoisotopic (exact) mass is 296 g/mol. The van der Waals surface area contributed by atoms with Gasteiger partial charge in [0.25, 0.3) is 0 Å². The Labute approximate surface area is 112 Å². The summed E-state index contributed by atoms with van der Waals surface area (Å²) in [6, 6.07) is 1.14. The summed E-state index contributed by atoms with van der Waals surface area (Å²) in [6.07, 6.45) is -4.61. The molecule has 0 atom stereocenters. The first-order chi connectivity index (χ1) is 8.51. The lowest BCUT2D eigenvalue weighted by Crippen LogP contribution is -2.44. The van der Waals surface area contributed by atoms with Gasteiger partial charge < -0.3 is 10.4 Å². The van der Waals surface area contributed by atoms with E-state index in [0.717, 1.165) is 12.3 Å². The zero-order valence-corrected chi connectivity index (χ0v) is 10.9. The van der Waals surface area contributed by atoms with Gasteiger partial charge in [0.05, 0.1) is 5.02 Å². The lowest BCUT2D eigenvalue weighted by Gasteiger charge is -2.24. The van der Waals surface area contributed by atoms with Gasteiger partial charge in [-0.05, 0) is 31.9 Å². The molecule has 0 spiro atoms. The van der Waals surface area contributed by atoms with Gasteiger partial charge >= 0.3 is 12.3 Å². The van der Waals surface area contributed by atoms with Crippen molar-refractivity contribution in [1.29, 1.82) is 0 Å². The van der Waals surface area contributed by atoms with Crippen molar-refractivity contribution in [3.63, 3.8) is 0 Å². The average Bonchev–Trinajstić information content (AvgIpc) is 2.11. The van der Waals surface area contributed by atoms with Crippen LogP contribution in [0.5, 0.6) is 0 Å². The molecule has 0 saturated heterocycles. The van der Waals surface area contributed by atoms with Crippen molar-refractivity contribution in [3.8, 4) is 0 Å². The van der Waals surface area contributed by atoms with Crippen molar-refractivity contribution in [1.82, 2.24) is 10.3 Å². The number of aromatic nitrogens is 1. The minimum Gasteiger partial charge on any atom is -0.465 e. The van der Waals surface area contributed by atoms with Crippen LogP contribution in [0.2, 0.25) is 5.02 Å². The van der Waals surface area contributed by atoms with Gasteiger partial charge in [0.15, 0.2) is 5.69 Å². The third kappa shape index (κ3) is 4.59. The van der Waals surface area contributed by atoms with Gasteiger partial charge in [0.2, 0.25) is 0 Å². The van der Waals surface area contributed by atoms with Crippen molar-refractivity contribution in [3.05, 3.63) is 28.5 Å². The normalized spacial score (nSPS) is 12.3. The Hall–Kier alpha value is -1.50. The molecular weight excluding hydrogens is 285 g/mol. The summed E-state index contributed by atoms with van der Waals surface area (Å²) in [5, 5.41) is 10.4. The lowest BCUT2D eigenvalue weighted by atomic mass is 9.96. The van der Waals surface area contributed by atoms with Gasteiger partial charge in [-0.1, -0.05) is 11.6 Å². The third-order valence-corrected chi connectivity index (χ3v) is 2.55. The Bertz CT molecular complexity index is 489. The number of rotatable bonds is 3. The predicted molar refractivity (Wildman–Crippen MR) is 63.2 cm³/mol. The molecule has 4 nitrogen and oxygen atoms in total. The molecule has 0 unspecified atom stereocenters. The van der Waals surface area contributed by atoms with Crippen molar-refractivity contribution in [2.75, 3.05) is 0 Å². The molecule has 8 heteroatoms. The number of hydrogen-bond donors (Lipinski definition) is 2. The van der Waals surface area contributed by atoms with Crippen LogP contribution in [0.1, 0.15) is 25.1 Å². The fourth-order valence-corrected chi connectivity index (χ4v) is 1.92. The minimum atomic E-state index is -4.61. The van der Waals surface area contributed by atoms with E-state index in [1.165, 1.54) is 0 Å². The van der Waals surface area contributed by atoms with E-state index in [-0.39, 0.29) is 6.42 Å². The van der Waals surface area contributed by atoms with Crippen molar-refractivity contribution < 1.29 is 23.1 Å². The molecule has 0 radical (unpaired) electrons. The third-order valence-electron chi connectivity index (χ3n) is 2.26. The number of hydrogen-bond acceptors (Lipinski definition) is 2. The molecule has 0 saturated carbocycles. The highest BCUT2D eigenvalue weighted by molar-refractivity contribution is 6.31. The summed E-state index contributed by atoms with van der Waals surface area (Å²) in [4.78, 5) is 13.8. The van der Waals surface area contributed by atoms with E-state index in [1.54, 1.807) is 13.8 Å². The Morgan fingerprint density at radius 1 is 1.47 bits per heavy atom. The molecule has 0 aliphatic rings. The molecule has 1 heterocycles. The van der Waals surface area contributed by atoms with Crippen LogP contribution in [0.4, 0.5) is 18.0 Å². The second kappa shape index (κ2) is 5.24. The molecule has 106 valence electrons. The zero-order valence-electron chi connectivity index (χ0n) is 10.2. The number of halogens is 4. The maximum Gasteiger partial charge on any atom is 0.434 e. The number of nitrogens with zero attached hydrogens (tertiary/aromatic N) is 1. The van der Waals surface area contributed by atoms with E-state index in [0.29, 0.717) is 5.56 Å². The first kappa shape index (κ1) is 15.6. The van der Waals surface area contributed by atoms with Crippen LogP contribution < -0.4 is 5.32 Å². The molecule has 19 heavy (non-hydrogen) atoms. The lowest BCUT2D eigenvalue weighted by molar-refractivity contribution is -0.141. The summed E-state index contributed by atoms with van der Waals surface area (Å²) < 4.78 is 37.4. The molecule has 1 aromatic heterocycles. The fourth-order valence-electron chi connectivity index (χ4n) is 1.63. The van der Waals surface area contributed by atoms with Crippen LogP contribution in [-0.4, -0.2) is 21.7 Å². The Morgan fingerprint density at radius 2 is 2.05 bits per heavy atom. The van der Waals surface area contributed by atoms with Crippen molar-refractivity contribution in [2.45, 2.75) is 32.0 Å². The average molecular weight is 297 g/mol. The highest BCUT2D eigenvalue weighted by Gasteiger charge is 2.35. The van der Waals surface area contributed by atoms with Gasteiger partial charge in [-0.15, -0.1) is 0 Å². The van der Waals surface area contributed by atoms with Crippen LogP contribution in [0.15, 0.2) is 12.3 Å². The largest absolute Gasteiger partial charge is 0.465 e. The summed E-state index contributed by atoms with van der Waals surface area (Å²) in [6.45, 7) is 3.21. The van der Waals surface area contributed by atoms with Gasteiger partial charge in [-0.2, -0.15) is 13.2 Å². The standard InChI is InChI=1S/C11H12ClF3N2O2/c1-10(2,17-9(18)19)4-6-3-7(12)8(16-5-6)11(13,14)15/h3,5,17H,4H2,1-2H3,(H,18,19). The van der Waals surface area contributed by atoms with Gasteiger partial charge in [0, 0.05) is 11.7 Å². The van der Waals surface area contributed by atoms with E-state index in [4.69, 9.17) is 16.7 Å². The fraction of sp³-hybridized carbons (Fsp3) is 0.455. The summed E-state index contributed by atoms with van der Waals surface area (Å²) in [5.74, 6) is 0. The van der Waals surface area contributed by atoms with Crippen molar-refractivity contribution in [2.24, 2.45) is 0 Å². The second-order valence-electron chi connectivity index (χ2n) is 4.66. The maximum atomic E-state index is 12.5. The second-order valence-corrected chi connectivity index (χ2v) is 5.07. The summed E-state index contributed by atoms with van der Waals surface area (Å²) in [7, 11) is 0. The summed E-state index contributed by atoms with van der Waals surface area (Å²) in [5.41, 5.74) is -1.57. The molecule has 1 aromatic rings. The number of pyridine rings is 1.